The van der Waals surface area contributed by atoms with Gasteiger partial charge < -0.3 is 10.2 Å². The van der Waals surface area contributed by atoms with E-state index in [9.17, 15) is 26.8 Å². The van der Waals surface area contributed by atoms with Crippen LogP contribution < -0.4 is 9.62 Å². The molecule has 34 heavy (non-hydrogen) atoms. The highest BCUT2D eigenvalue weighted by Gasteiger charge is 2.30. The predicted octanol–water partition coefficient (Wildman–Crippen LogP) is 3.68. The molecule has 0 heterocycles. The van der Waals surface area contributed by atoms with Crippen LogP contribution in [0.3, 0.4) is 0 Å². The molecule has 186 valence electrons. The Bertz CT molecular complexity index is 1130. The van der Waals surface area contributed by atoms with Crippen LogP contribution in [0.25, 0.3) is 0 Å². The molecule has 0 saturated heterocycles. The van der Waals surface area contributed by atoms with E-state index < -0.39 is 46.1 Å². The van der Waals surface area contributed by atoms with E-state index in [2.05, 4.69) is 21.2 Å². The third-order valence-electron chi connectivity index (χ3n) is 4.99. The molecule has 11 heteroatoms. The van der Waals surface area contributed by atoms with Crippen molar-refractivity contribution in [3.63, 3.8) is 0 Å². The smallest absolute Gasteiger partial charge is 0.244 e. The predicted molar refractivity (Wildman–Crippen MR) is 131 cm³/mol. The molecule has 0 fully saturated rings. The Morgan fingerprint density at radius 1 is 1.03 bits per heavy atom. The maximum absolute atomic E-state index is 13.8. The van der Waals surface area contributed by atoms with Crippen LogP contribution in [0, 0.1) is 17.6 Å². The van der Waals surface area contributed by atoms with E-state index in [1.54, 1.807) is 31.2 Å². The summed E-state index contributed by atoms with van der Waals surface area (Å²) in [5.74, 6) is -3.26. The number of benzene rings is 2. The fraction of sp³-hybridized carbons (Fsp3) is 0.391. The quantitative estimate of drug-likeness (QED) is 0.481. The van der Waals surface area contributed by atoms with Crippen molar-refractivity contribution in [2.45, 2.75) is 33.4 Å². The lowest BCUT2D eigenvalue weighted by Gasteiger charge is -2.31. The first-order valence-electron chi connectivity index (χ1n) is 10.5. The molecule has 0 bridgehead atoms. The van der Waals surface area contributed by atoms with Gasteiger partial charge in [0.25, 0.3) is 0 Å². The highest BCUT2D eigenvalue weighted by molar-refractivity contribution is 9.10. The van der Waals surface area contributed by atoms with Gasteiger partial charge in [-0.1, -0.05) is 41.9 Å². The fourth-order valence-electron chi connectivity index (χ4n) is 3.08. The summed E-state index contributed by atoms with van der Waals surface area (Å²) >= 11 is 3.34. The average Bonchev–Trinajstić information content (AvgIpc) is 2.76. The van der Waals surface area contributed by atoms with Crippen molar-refractivity contribution in [1.82, 2.24) is 10.2 Å². The number of hydrogen-bond acceptors (Lipinski definition) is 4. The summed E-state index contributed by atoms with van der Waals surface area (Å²) in [5, 5.41) is 2.78. The largest absolute Gasteiger partial charge is 0.354 e. The average molecular weight is 560 g/mol. The van der Waals surface area contributed by atoms with Crippen molar-refractivity contribution < 1.29 is 26.8 Å². The minimum Gasteiger partial charge on any atom is -0.354 e. The Morgan fingerprint density at radius 2 is 1.65 bits per heavy atom. The topological polar surface area (TPSA) is 86.8 Å². The second kappa shape index (κ2) is 11.7. The van der Waals surface area contributed by atoms with Gasteiger partial charge in [0.1, 0.15) is 12.6 Å². The number of rotatable bonds is 10. The van der Waals surface area contributed by atoms with Gasteiger partial charge in [0.2, 0.25) is 21.8 Å². The molecule has 0 radical (unpaired) electrons. The van der Waals surface area contributed by atoms with E-state index in [0.717, 1.165) is 28.4 Å². The van der Waals surface area contributed by atoms with Gasteiger partial charge in [0.15, 0.2) is 11.6 Å². The van der Waals surface area contributed by atoms with E-state index in [0.29, 0.717) is 16.9 Å². The molecule has 2 amide bonds. The minimum absolute atomic E-state index is 0.0394. The molecule has 7 nitrogen and oxygen atoms in total. The van der Waals surface area contributed by atoms with Gasteiger partial charge in [0, 0.05) is 23.6 Å². The summed E-state index contributed by atoms with van der Waals surface area (Å²) in [6, 6.07) is 8.76. The van der Waals surface area contributed by atoms with Gasteiger partial charge >= 0.3 is 0 Å². The number of nitrogens with one attached hydrogen (secondary N) is 1. The summed E-state index contributed by atoms with van der Waals surface area (Å²) in [4.78, 5) is 27.3. The standard InChI is InChI=1S/C23H28BrF2N3O4S/c1-15(2)12-27-23(31)16(3)28(13-17-5-7-18(24)8-6-17)22(30)14-29(34(4,32)33)19-9-10-20(25)21(26)11-19/h5-11,15-16H,12-14H2,1-4H3,(H,27,31)/t16-/m1/s1. The SMILES string of the molecule is CC(C)CNC(=O)[C@@H](C)N(Cc1ccc(Br)cc1)C(=O)CN(c1ccc(F)c(F)c1)S(C)(=O)=O. The van der Waals surface area contributed by atoms with Crippen LogP contribution >= 0.6 is 15.9 Å². The number of sulfonamides is 1. The number of nitrogens with zero attached hydrogens (tertiary/aromatic N) is 2. The molecule has 0 saturated carbocycles. The zero-order valence-corrected chi connectivity index (χ0v) is 21.8. The molecule has 2 aromatic rings. The molecule has 2 rings (SSSR count). The highest BCUT2D eigenvalue weighted by Crippen LogP contribution is 2.22. The maximum atomic E-state index is 13.8. The van der Waals surface area contributed by atoms with Gasteiger partial charge in [-0.05, 0) is 42.7 Å². The number of amides is 2. The van der Waals surface area contributed by atoms with Gasteiger partial charge in [0.05, 0.1) is 11.9 Å². The molecule has 0 aliphatic rings. The number of anilines is 1. The third kappa shape index (κ3) is 7.76. The first-order chi connectivity index (χ1) is 15.8. The Balaban J connectivity index is 2.37. The van der Waals surface area contributed by atoms with E-state index >= 15 is 0 Å². The van der Waals surface area contributed by atoms with Crippen LogP contribution in [0.1, 0.15) is 26.3 Å². The second-order valence-corrected chi connectivity index (χ2v) is 11.2. The Morgan fingerprint density at radius 3 is 2.18 bits per heavy atom. The second-order valence-electron chi connectivity index (χ2n) is 8.33. The van der Waals surface area contributed by atoms with Gasteiger partial charge in [-0.15, -0.1) is 0 Å². The van der Waals surface area contributed by atoms with Gasteiger partial charge in [-0.2, -0.15) is 0 Å². The highest BCUT2D eigenvalue weighted by atomic mass is 79.9. The Labute approximate surface area is 207 Å². The zero-order chi connectivity index (χ0) is 25.6. The third-order valence-corrected chi connectivity index (χ3v) is 6.66. The van der Waals surface area contributed by atoms with Crippen molar-refractivity contribution in [2.24, 2.45) is 5.92 Å². The maximum Gasteiger partial charge on any atom is 0.244 e. The Hall–Kier alpha value is -2.53. The molecule has 0 spiro atoms. The van der Waals surface area contributed by atoms with Crippen molar-refractivity contribution in [3.05, 3.63) is 64.1 Å². The molecule has 1 atom stereocenters. The number of halogens is 3. The minimum atomic E-state index is -4.03. The summed E-state index contributed by atoms with van der Waals surface area (Å²) in [6.45, 7) is 5.17. The number of carbonyl (C=O) groups is 2. The first kappa shape index (κ1) is 27.7. The van der Waals surface area contributed by atoms with Crippen molar-refractivity contribution in [3.8, 4) is 0 Å². The van der Waals surface area contributed by atoms with Crippen LogP contribution in [0.2, 0.25) is 0 Å². The van der Waals surface area contributed by atoms with Gasteiger partial charge in [-0.25, -0.2) is 17.2 Å². The summed E-state index contributed by atoms with van der Waals surface area (Å²) < 4.78 is 53.5. The zero-order valence-electron chi connectivity index (χ0n) is 19.4. The molecule has 0 aromatic heterocycles. The lowest BCUT2D eigenvalue weighted by Crippen LogP contribution is -2.51. The lowest BCUT2D eigenvalue weighted by atomic mass is 10.1. The molecule has 0 unspecified atom stereocenters. The molecular weight excluding hydrogens is 532 g/mol. The van der Waals surface area contributed by atoms with E-state index in [4.69, 9.17) is 0 Å². The van der Waals surface area contributed by atoms with Crippen LogP contribution in [0.4, 0.5) is 14.5 Å². The van der Waals surface area contributed by atoms with Crippen LogP contribution in [0.15, 0.2) is 46.9 Å². The molecule has 1 N–H and O–H groups in total. The molecule has 2 aromatic carbocycles. The number of hydrogen-bond donors (Lipinski definition) is 1. The van der Waals surface area contributed by atoms with Crippen molar-refractivity contribution in [1.29, 1.82) is 0 Å². The molecular formula is C23H28BrF2N3O4S. The van der Waals surface area contributed by atoms with Crippen molar-refractivity contribution in [2.75, 3.05) is 23.7 Å². The van der Waals surface area contributed by atoms with Gasteiger partial charge in [-0.3, -0.25) is 13.9 Å². The monoisotopic (exact) mass is 559 g/mol. The lowest BCUT2D eigenvalue weighted by molar-refractivity contribution is -0.139. The normalized spacial score (nSPS) is 12.4. The van der Waals surface area contributed by atoms with Crippen LogP contribution in [-0.2, 0) is 26.2 Å². The first-order valence-corrected chi connectivity index (χ1v) is 13.2. The van der Waals surface area contributed by atoms with E-state index in [1.807, 2.05) is 13.8 Å². The molecule has 0 aliphatic heterocycles. The fourth-order valence-corrected chi connectivity index (χ4v) is 4.18. The summed E-state index contributed by atoms with van der Waals surface area (Å²) in [5.41, 5.74) is 0.522. The van der Waals surface area contributed by atoms with E-state index in [1.165, 1.54) is 4.90 Å². The van der Waals surface area contributed by atoms with Crippen molar-refractivity contribution >= 4 is 43.5 Å². The molecule has 0 aliphatic carbocycles. The summed E-state index contributed by atoms with van der Waals surface area (Å²) in [6.07, 6.45) is 0.860. The number of carbonyl (C=O) groups excluding carboxylic acids is 2. The Kier molecular flexibility index (Phi) is 9.57. The van der Waals surface area contributed by atoms with Crippen LogP contribution in [0.5, 0.6) is 0 Å². The van der Waals surface area contributed by atoms with E-state index in [-0.39, 0.29) is 18.2 Å². The van der Waals surface area contributed by atoms with Crippen LogP contribution in [-0.4, -0.2) is 50.5 Å². The summed E-state index contributed by atoms with van der Waals surface area (Å²) in [7, 11) is -4.03.